The zero-order valence-electron chi connectivity index (χ0n) is 13.8. The molecule has 0 radical (unpaired) electrons. The van der Waals surface area contributed by atoms with Crippen LogP contribution in [-0.2, 0) is 11.3 Å². The summed E-state index contributed by atoms with van der Waals surface area (Å²) in [5.41, 5.74) is 0.856. The van der Waals surface area contributed by atoms with Gasteiger partial charge in [0.05, 0.1) is 17.4 Å². The van der Waals surface area contributed by atoms with Crippen molar-refractivity contribution in [2.24, 2.45) is 0 Å². The average Bonchev–Trinajstić information content (AvgIpc) is 3.15. The second-order valence-corrected chi connectivity index (χ2v) is 6.48. The number of rotatable bonds is 5. The molecule has 1 atom stereocenters. The topological polar surface area (TPSA) is 85.4 Å². The Hall–Kier alpha value is -1.48. The molecular formula is C15H21ClN4O3S. The highest BCUT2D eigenvalue weighted by Crippen LogP contribution is 2.35. The Bertz CT molecular complexity index is 731. The summed E-state index contributed by atoms with van der Waals surface area (Å²) in [5, 5.41) is 7.11. The van der Waals surface area contributed by atoms with Crippen LogP contribution >= 0.6 is 23.7 Å². The van der Waals surface area contributed by atoms with Crippen molar-refractivity contribution >= 4 is 39.9 Å². The van der Waals surface area contributed by atoms with E-state index in [0.29, 0.717) is 23.2 Å². The SMILES string of the molecule is COCc1nc(OC)c2c(C)c(C(=O)NC3CCNC3)sc2n1.Cl. The maximum atomic E-state index is 12.6. The lowest BCUT2D eigenvalue weighted by Gasteiger charge is -2.10. The summed E-state index contributed by atoms with van der Waals surface area (Å²) < 4.78 is 10.5. The van der Waals surface area contributed by atoms with Crippen LogP contribution in [0.25, 0.3) is 10.2 Å². The number of nitrogens with one attached hydrogen (secondary N) is 2. The summed E-state index contributed by atoms with van der Waals surface area (Å²) in [7, 11) is 3.16. The van der Waals surface area contributed by atoms with E-state index in [1.807, 2.05) is 6.92 Å². The molecule has 0 bridgehead atoms. The number of ether oxygens (including phenoxy) is 2. The van der Waals surface area contributed by atoms with Gasteiger partial charge >= 0.3 is 0 Å². The standard InChI is InChI=1S/C15H20N4O3S.ClH/c1-8-11-14(22-3)18-10(7-21-2)19-15(11)23-12(8)13(20)17-9-4-5-16-6-9;/h9,16H,4-7H2,1-3H3,(H,17,20);1H. The third-order valence-electron chi connectivity index (χ3n) is 3.87. The van der Waals surface area contributed by atoms with Crippen LogP contribution in [0.2, 0.25) is 0 Å². The Morgan fingerprint density at radius 1 is 1.42 bits per heavy atom. The first kappa shape index (κ1) is 18.9. The summed E-state index contributed by atoms with van der Waals surface area (Å²) in [6.07, 6.45) is 0.955. The van der Waals surface area contributed by atoms with Crippen molar-refractivity contribution in [3.8, 4) is 5.88 Å². The number of carbonyl (C=O) groups excluding carboxylic acids is 1. The number of amides is 1. The molecule has 3 rings (SSSR count). The third-order valence-corrected chi connectivity index (χ3v) is 5.06. The minimum absolute atomic E-state index is 0. The van der Waals surface area contributed by atoms with Crippen molar-refractivity contribution in [1.29, 1.82) is 0 Å². The molecule has 2 aromatic rings. The van der Waals surface area contributed by atoms with Crippen LogP contribution in [0.5, 0.6) is 5.88 Å². The smallest absolute Gasteiger partial charge is 0.261 e. The molecule has 1 unspecified atom stereocenters. The molecule has 1 fully saturated rings. The quantitative estimate of drug-likeness (QED) is 0.830. The molecule has 24 heavy (non-hydrogen) atoms. The van der Waals surface area contributed by atoms with Crippen molar-refractivity contribution in [1.82, 2.24) is 20.6 Å². The minimum Gasteiger partial charge on any atom is -0.480 e. The highest BCUT2D eigenvalue weighted by atomic mass is 35.5. The van der Waals surface area contributed by atoms with Gasteiger partial charge in [-0.25, -0.2) is 4.98 Å². The lowest BCUT2D eigenvalue weighted by molar-refractivity contribution is 0.0943. The second kappa shape index (κ2) is 8.06. The first-order chi connectivity index (χ1) is 11.1. The normalized spacial score (nSPS) is 16.9. The van der Waals surface area contributed by atoms with Crippen LogP contribution in [0.4, 0.5) is 0 Å². The molecule has 0 aliphatic carbocycles. The van der Waals surface area contributed by atoms with E-state index in [-0.39, 0.29) is 24.4 Å². The van der Waals surface area contributed by atoms with E-state index >= 15 is 0 Å². The number of fused-ring (bicyclic) bond motifs is 1. The van der Waals surface area contributed by atoms with E-state index in [1.54, 1.807) is 14.2 Å². The highest BCUT2D eigenvalue weighted by Gasteiger charge is 2.24. The predicted octanol–water partition coefficient (Wildman–Crippen LogP) is 1.67. The van der Waals surface area contributed by atoms with E-state index < -0.39 is 0 Å². The van der Waals surface area contributed by atoms with Gasteiger partial charge in [-0.3, -0.25) is 4.79 Å². The molecular weight excluding hydrogens is 352 g/mol. The molecule has 9 heteroatoms. The lowest BCUT2D eigenvalue weighted by Crippen LogP contribution is -2.36. The number of aromatic nitrogens is 2. The maximum absolute atomic E-state index is 12.6. The lowest BCUT2D eigenvalue weighted by atomic mass is 10.2. The monoisotopic (exact) mass is 372 g/mol. The van der Waals surface area contributed by atoms with Crippen molar-refractivity contribution < 1.29 is 14.3 Å². The summed E-state index contributed by atoms with van der Waals surface area (Å²) in [5.74, 6) is 0.969. The summed E-state index contributed by atoms with van der Waals surface area (Å²) in [4.78, 5) is 22.8. The Morgan fingerprint density at radius 2 is 2.21 bits per heavy atom. The molecule has 132 valence electrons. The molecule has 0 spiro atoms. The number of halogens is 1. The number of thiophene rings is 1. The molecule has 7 nitrogen and oxygen atoms in total. The van der Waals surface area contributed by atoms with Gasteiger partial charge in [-0.15, -0.1) is 23.7 Å². The molecule has 1 aliphatic heterocycles. The van der Waals surface area contributed by atoms with E-state index in [2.05, 4.69) is 20.6 Å². The zero-order chi connectivity index (χ0) is 16.4. The van der Waals surface area contributed by atoms with Gasteiger partial charge in [0, 0.05) is 19.7 Å². The van der Waals surface area contributed by atoms with Crippen molar-refractivity contribution in [2.45, 2.75) is 26.0 Å². The average molecular weight is 373 g/mol. The van der Waals surface area contributed by atoms with E-state index in [1.165, 1.54) is 11.3 Å². The Morgan fingerprint density at radius 3 is 2.83 bits per heavy atom. The molecule has 2 N–H and O–H groups in total. The number of hydrogen-bond donors (Lipinski definition) is 2. The van der Waals surface area contributed by atoms with Gasteiger partial charge in [0.2, 0.25) is 5.88 Å². The third kappa shape index (κ3) is 3.61. The van der Waals surface area contributed by atoms with Gasteiger partial charge in [-0.2, -0.15) is 4.98 Å². The van der Waals surface area contributed by atoms with Gasteiger partial charge < -0.3 is 20.1 Å². The molecule has 1 aliphatic rings. The van der Waals surface area contributed by atoms with Crippen molar-refractivity contribution in [2.75, 3.05) is 27.3 Å². The fraction of sp³-hybridized carbons (Fsp3) is 0.533. The fourth-order valence-corrected chi connectivity index (χ4v) is 3.82. The van der Waals surface area contributed by atoms with E-state index in [4.69, 9.17) is 9.47 Å². The molecule has 0 aromatic carbocycles. The zero-order valence-corrected chi connectivity index (χ0v) is 15.5. The van der Waals surface area contributed by atoms with Crippen LogP contribution in [0.3, 0.4) is 0 Å². The van der Waals surface area contributed by atoms with Gasteiger partial charge in [0.15, 0.2) is 5.82 Å². The Kier molecular flexibility index (Phi) is 6.34. The predicted molar refractivity (Wildman–Crippen MR) is 95.4 cm³/mol. The van der Waals surface area contributed by atoms with Gasteiger partial charge in [0.1, 0.15) is 11.4 Å². The maximum Gasteiger partial charge on any atom is 0.261 e. The number of carbonyl (C=O) groups is 1. The second-order valence-electron chi connectivity index (χ2n) is 5.48. The summed E-state index contributed by atoms with van der Waals surface area (Å²) >= 11 is 1.37. The van der Waals surface area contributed by atoms with Gasteiger partial charge in [-0.05, 0) is 25.5 Å². The van der Waals surface area contributed by atoms with E-state index in [9.17, 15) is 4.79 Å². The van der Waals surface area contributed by atoms with Gasteiger partial charge in [0.25, 0.3) is 5.91 Å². The number of methoxy groups -OCH3 is 2. The molecule has 2 aromatic heterocycles. The summed E-state index contributed by atoms with van der Waals surface area (Å²) in [6.45, 7) is 3.97. The summed E-state index contributed by atoms with van der Waals surface area (Å²) in [6, 6.07) is 0.184. The van der Waals surface area contributed by atoms with Crippen LogP contribution in [-0.4, -0.2) is 49.2 Å². The first-order valence-corrected chi connectivity index (χ1v) is 8.30. The first-order valence-electron chi connectivity index (χ1n) is 7.48. The molecule has 1 saturated heterocycles. The van der Waals surface area contributed by atoms with Crippen molar-refractivity contribution in [3.63, 3.8) is 0 Å². The largest absolute Gasteiger partial charge is 0.480 e. The van der Waals surface area contributed by atoms with Gasteiger partial charge in [-0.1, -0.05) is 0 Å². The minimum atomic E-state index is -0.0606. The molecule has 3 heterocycles. The van der Waals surface area contributed by atoms with Crippen molar-refractivity contribution in [3.05, 3.63) is 16.3 Å². The van der Waals surface area contributed by atoms with Crippen LogP contribution in [0.1, 0.15) is 27.5 Å². The highest BCUT2D eigenvalue weighted by molar-refractivity contribution is 7.20. The fourth-order valence-electron chi connectivity index (χ4n) is 2.73. The molecule has 0 saturated carbocycles. The van der Waals surface area contributed by atoms with Crippen LogP contribution in [0.15, 0.2) is 0 Å². The number of aryl methyl sites for hydroxylation is 1. The molecule has 1 amide bonds. The van der Waals surface area contributed by atoms with Crippen LogP contribution in [0, 0.1) is 6.92 Å². The number of nitrogens with zero attached hydrogens (tertiary/aromatic N) is 2. The Labute approximate surface area is 150 Å². The Balaban J connectivity index is 0.00000208. The van der Waals surface area contributed by atoms with E-state index in [0.717, 1.165) is 35.3 Å². The number of hydrogen-bond acceptors (Lipinski definition) is 7. The van der Waals surface area contributed by atoms with Crippen LogP contribution < -0.4 is 15.4 Å².